The Bertz CT molecular complexity index is 566. The zero-order valence-corrected chi connectivity index (χ0v) is 10.6. The van der Waals surface area contributed by atoms with Gasteiger partial charge in [-0.05, 0) is 17.4 Å². The van der Waals surface area contributed by atoms with Crippen molar-refractivity contribution in [1.82, 2.24) is 9.97 Å². The maximum atomic E-state index is 11.8. The van der Waals surface area contributed by atoms with Gasteiger partial charge in [-0.1, -0.05) is 32.1 Å². The van der Waals surface area contributed by atoms with Crippen molar-refractivity contribution in [1.29, 1.82) is 0 Å². The van der Waals surface area contributed by atoms with E-state index < -0.39 is 0 Å². The highest BCUT2D eigenvalue weighted by Crippen LogP contribution is 2.26. The molecule has 1 fully saturated rings. The quantitative estimate of drug-likeness (QED) is 0.887. The van der Waals surface area contributed by atoms with Gasteiger partial charge in [0, 0.05) is 6.42 Å². The number of nitrogens with zero attached hydrogens (tertiary/aromatic N) is 1. The van der Waals surface area contributed by atoms with E-state index in [1.165, 1.54) is 43.4 Å². The molecule has 1 N–H and O–H groups in total. The maximum absolute atomic E-state index is 11.8. The molecular weight excluding hydrogens is 232 g/mol. The van der Waals surface area contributed by atoms with Gasteiger partial charge in [-0.3, -0.25) is 4.79 Å². The molecule has 2 aromatic rings. The van der Waals surface area contributed by atoms with Crippen molar-refractivity contribution < 1.29 is 0 Å². The van der Waals surface area contributed by atoms with E-state index in [4.69, 9.17) is 0 Å². The third-order valence-corrected chi connectivity index (χ3v) is 4.47. The monoisotopic (exact) mass is 248 g/mol. The van der Waals surface area contributed by atoms with E-state index in [2.05, 4.69) is 9.97 Å². The van der Waals surface area contributed by atoms with Crippen molar-refractivity contribution in [3.8, 4) is 0 Å². The molecule has 0 saturated heterocycles. The lowest BCUT2D eigenvalue weighted by Crippen LogP contribution is -2.16. The summed E-state index contributed by atoms with van der Waals surface area (Å²) in [5, 5.41) is 1.93. The Hall–Kier alpha value is -1.16. The van der Waals surface area contributed by atoms with Gasteiger partial charge in [0.05, 0.1) is 5.52 Å². The van der Waals surface area contributed by atoms with E-state index >= 15 is 0 Å². The molecule has 1 saturated carbocycles. The third-order valence-electron chi connectivity index (χ3n) is 3.57. The average Bonchev–Trinajstić information content (AvgIpc) is 2.79. The topological polar surface area (TPSA) is 45.8 Å². The number of hydrogen-bond donors (Lipinski definition) is 1. The van der Waals surface area contributed by atoms with Crippen LogP contribution in [0.4, 0.5) is 0 Å². The van der Waals surface area contributed by atoms with Gasteiger partial charge in [-0.15, -0.1) is 11.3 Å². The van der Waals surface area contributed by atoms with Crippen molar-refractivity contribution in [2.75, 3.05) is 0 Å². The molecule has 2 heterocycles. The first-order chi connectivity index (χ1) is 8.33. The predicted molar refractivity (Wildman–Crippen MR) is 70.5 cm³/mol. The number of nitrogens with one attached hydrogen (secondary N) is 1. The van der Waals surface area contributed by atoms with Gasteiger partial charge < -0.3 is 4.98 Å². The molecule has 0 radical (unpaired) electrons. The molecule has 17 heavy (non-hydrogen) atoms. The van der Waals surface area contributed by atoms with Gasteiger partial charge in [-0.25, -0.2) is 4.98 Å². The van der Waals surface area contributed by atoms with Crippen molar-refractivity contribution in [3.05, 3.63) is 27.6 Å². The first kappa shape index (κ1) is 11.0. The van der Waals surface area contributed by atoms with Crippen LogP contribution in [0.25, 0.3) is 10.2 Å². The number of hydrogen-bond acceptors (Lipinski definition) is 3. The van der Waals surface area contributed by atoms with Crippen LogP contribution in [0.5, 0.6) is 0 Å². The third kappa shape index (κ3) is 2.27. The molecule has 1 aliphatic carbocycles. The Morgan fingerprint density at radius 2 is 2.18 bits per heavy atom. The first-order valence-electron chi connectivity index (χ1n) is 6.29. The van der Waals surface area contributed by atoms with E-state index in [-0.39, 0.29) is 5.56 Å². The summed E-state index contributed by atoms with van der Waals surface area (Å²) < 4.78 is 0.748. The van der Waals surface area contributed by atoms with Crippen LogP contribution in [0.1, 0.15) is 37.9 Å². The number of thiophene rings is 1. The molecule has 0 aliphatic heterocycles. The highest BCUT2D eigenvalue weighted by molar-refractivity contribution is 7.17. The van der Waals surface area contributed by atoms with Crippen LogP contribution in [0.2, 0.25) is 0 Å². The fourth-order valence-electron chi connectivity index (χ4n) is 2.68. The van der Waals surface area contributed by atoms with Crippen LogP contribution in [0, 0.1) is 5.92 Å². The summed E-state index contributed by atoms with van der Waals surface area (Å²) in [5.41, 5.74) is 0.875. The minimum absolute atomic E-state index is 0.0239. The van der Waals surface area contributed by atoms with E-state index in [1.807, 2.05) is 11.4 Å². The van der Waals surface area contributed by atoms with Gasteiger partial charge in [0.25, 0.3) is 5.56 Å². The van der Waals surface area contributed by atoms with Crippen molar-refractivity contribution in [3.63, 3.8) is 0 Å². The molecule has 0 spiro atoms. The number of H-pyrrole nitrogens is 1. The zero-order chi connectivity index (χ0) is 11.7. The molecule has 3 nitrogen and oxygen atoms in total. The Morgan fingerprint density at radius 1 is 1.35 bits per heavy atom. The lowest BCUT2D eigenvalue weighted by atomic mass is 9.87. The Labute approximate surface area is 104 Å². The first-order valence-corrected chi connectivity index (χ1v) is 7.17. The predicted octanol–water partition coefficient (Wildman–Crippen LogP) is 3.11. The fourth-order valence-corrected chi connectivity index (χ4v) is 3.41. The second kappa shape index (κ2) is 4.61. The summed E-state index contributed by atoms with van der Waals surface area (Å²) >= 11 is 1.46. The highest BCUT2D eigenvalue weighted by atomic mass is 32.1. The number of rotatable bonds is 2. The number of aromatic nitrogens is 2. The molecular formula is C13H16N2OS. The summed E-state index contributed by atoms with van der Waals surface area (Å²) in [6, 6.07) is 1.93. The van der Waals surface area contributed by atoms with Crippen LogP contribution in [-0.4, -0.2) is 9.97 Å². The number of aromatic amines is 1. The molecule has 0 atom stereocenters. The molecule has 0 unspecified atom stereocenters. The minimum atomic E-state index is 0.0239. The second-order valence-corrected chi connectivity index (χ2v) is 5.77. The zero-order valence-electron chi connectivity index (χ0n) is 9.74. The maximum Gasteiger partial charge on any atom is 0.268 e. The Kier molecular flexibility index (Phi) is 2.97. The van der Waals surface area contributed by atoms with E-state index in [1.54, 1.807) is 0 Å². The van der Waals surface area contributed by atoms with Crippen molar-refractivity contribution in [2.45, 2.75) is 38.5 Å². The molecule has 0 bridgehead atoms. The normalized spacial score (nSPS) is 17.6. The van der Waals surface area contributed by atoms with Crippen LogP contribution in [-0.2, 0) is 6.42 Å². The molecule has 0 aromatic carbocycles. The fraction of sp³-hybridized carbons (Fsp3) is 0.538. The smallest absolute Gasteiger partial charge is 0.268 e. The van der Waals surface area contributed by atoms with E-state index in [0.29, 0.717) is 5.92 Å². The van der Waals surface area contributed by atoms with Crippen LogP contribution < -0.4 is 5.56 Å². The molecule has 2 aromatic heterocycles. The largest absolute Gasteiger partial charge is 0.309 e. The lowest BCUT2D eigenvalue weighted by Gasteiger charge is -2.20. The Morgan fingerprint density at radius 3 is 3.00 bits per heavy atom. The van der Waals surface area contributed by atoms with Crippen LogP contribution in [0.15, 0.2) is 16.2 Å². The average molecular weight is 248 g/mol. The number of fused-ring (bicyclic) bond motifs is 1. The summed E-state index contributed by atoms with van der Waals surface area (Å²) in [5.74, 6) is 1.58. The van der Waals surface area contributed by atoms with Gasteiger partial charge in [0.2, 0.25) is 0 Å². The molecule has 90 valence electrons. The summed E-state index contributed by atoms with van der Waals surface area (Å²) in [6.45, 7) is 0. The van der Waals surface area contributed by atoms with Gasteiger partial charge in [-0.2, -0.15) is 0 Å². The lowest BCUT2D eigenvalue weighted by molar-refractivity contribution is 0.351. The summed E-state index contributed by atoms with van der Waals surface area (Å²) in [4.78, 5) is 19.3. The Balaban J connectivity index is 1.87. The minimum Gasteiger partial charge on any atom is -0.309 e. The molecule has 0 amide bonds. The summed E-state index contributed by atoms with van der Waals surface area (Å²) in [6.07, 6.45) is 7.52. The van der Waals surface area contributed by atoms with E-state index in [9.17, 15) is 4.79 Å². The highest BCUT2D eigenvalue weighted by Gasteiger charge is 2.15. The van der Waals surface area contributed by atoms with Gasteiger partial charge in [0.15, 0.2) is 0 Å². The second-order valence-electron chi connectivity index (χ2n) is 4.86. The van der Waals surface area contributed by atoms with Gasteiger partial charge in [0.1, 0.15) is 10.5 Å². The molecule has 1 aliphatic rings. The standard InChI is InChI=1S/C13H16N2OS/c16-13-12-10(6-7-17-12)14-11(15-13)8-9-4-2-1-3-5-9/h6-7,9H,1-5,8H2,(H,14,15,16). The van der Waals surface area contributed by atoms with Crippen molar-refractivity contribution in [2.24, 2.45) is 5.92 Å². The van der Waals surface area contributed by atoms with Crippen LogP contribution in [0.3, 0.4) is 0 Å². The van der Waals surface area contributed by atoms with Crippen LogP contribution >= 0.6 is 11.3 Å². The molecule has 4 heteroatoms. The van der Waals surface area contributed by atoms with Crippen molar-refractivity contribution >= 4 is 21.6 Å². The van der Waals surface area contributed by atoms with Gasteiger partial charge >= 0.3 is 0 Å². The summed E-state index contributed by atoms with van der Waals surface area (Å²) in [7, 11) is 0. The SMILES string of the molecule is O=c1[nH]c(CC2CCCCC2)nc2ccsc12. The van der Waals surface area contributed by atoms with E-state index in [0.717, 1.165) is 22.5 Å². The molecule has 3 rings (SSSR count).